The highest BCUT2D eigenvalue weighted by atomic mass is 79.9. The molecule has 0 atom stereocenters. The van der Waals surface area contributed by atoms with E-state index in [0.717, 1.165) is 22.2 Å². The van der Waals surface area contributed by atoms with Crippen LogP contribution < -0.4 is 10.5 Å². The van der Waals surface area contributed by atoms with Gasteiger partial charge in [-0.1, -0.05) is 15.9 Å². The van der Waals surface area contributed by atoms with Crippen molar-refractivity contribution >= 4 is 15.9 Å². The summed E-state index contributed by atoms with van der Waals surface area (Å²) in [6, 6.07) is 8.38. The summed E-state index contributed by atoms with van der Waals surface area (Å²) in [5, 5.41) is 0. The second kappa shape index (κ2) is 5.46. The van der Waals surface area contributed by atoms with Crippen LogP contribution >= 0.6 is 15.9 Å². The maximum atomic E-state index is 13.4. The molecule has 0 radical (unpaired) electrons. The van der Waals surface area contributed by atoms with E-state index in [0.29, 0.717) is 12.3 Å². The van der Waals surface area contributed by atoms with Crippen LogP contribution in [0, 0.1) is 11.6 Å². The van der Waals surface area contributed by atoms with Crippen molar-refractivity contribution in [2.45, 2.75) is 6.54 Å². The molecule has 0 spiro atoms. The molecule has 0 aliphatic carbocycles. The van der Waals surface area contributed by atoms with Crippen LogP contribution in [0.3, 0.4) is 0 Å². The molecule has 0 bridgehead atoms. The Hall–Kier alpha value is -1.46. The highest BCUT2D eigenvalue weighted by Gasteiger charge is 2.07. The number of ether oxygens (including phenoxy) is 1. The predicted molar refractivity (Wildman–Crippen MR) is 68.5 cm³/mol. The molecule has 5 heteroatoms. The van der Waals surface area contributed by atoms with E-state index in [1.54, 1.807) is 12.1 Å². The van der Waals surface area contributed by atoms with E-state index in [9.17, 15) is 8.78 Å². The third-order valence-corrected chi connectivity index (χ3v) is 2.75. The summed E-state index contributed by atoms with van der Waals surface area (Å²) in [7, 11) is 0. The fourth-order valence-electron chi connectivity index (χ4n) is 1.48. The molecule has 94 valence electrons. The zero-order chi connectivity index (χ0) is 13.1. The lowest BCUT2D eigenvalue weighted by Gasteiger charge is -2.09. The molecule has 2 aromatic carbocycles. The Morgan fingerprint density at radius 3 is 2.56 bits per heavy atom. The van der Waals surface area contributed by atoms with Gasteiger partial charge in [0.25, 0.3) is 0 Å². The smallest absolute Gasteiger partial charge is 0.168 e. The van der Waals surface area contributed by atoms with Crippen LogP contribution in [0.2, 0.25) is 0 Å². The van der Waals surface area contributed by atoms with Crippen molar-refractivity contribution in [3.8, 4) is 11.5 Å². The first kappa shape index (κ1) is 13.0. The van der Waals surface area contributed by atoms with Crippen LogP contribution in [0.15, 0.2) is 40.9 Å². The molecular weight excluding hydrogens is 304 g/mol. The summed E-state index contributed by atoms with van der Waals surface area (Å²) in [5.74, 6) is -0.978. The molecule has 0 aliphatic heterocycles. The first-order chi connectivity index (χ1) is 8.58. The van der Waals surface area contributed by atoms with Gasteiger partial charge in [0.1, 0.15) is 11.6 Å². The van der Waals surface area contributed by atoms with Gasteiger partial charge < -0.3 is 10.5 Å². The maximum absolute atomic E-state index is 13.4. The summed E-state index contributed by atoms with van der Waals surface area (Å²) >= 11 is 3.31. The molecule has 0 amide bonds. The summed E-state index contributed by atoms with van der Waals surface area (Å²) in [5.41, 5.74) is 6.38. The molecule has 0 aromatic heterocycles. The van der Waals surface area contributed by atoms with E-state index < -0.39 is 11.6 Å². The number of nitrogens with two attached hydrogens (primary N) is 1. The minimum absolute atomic E-state index is 0.0301. The minimum atomic E-state index is -0.746. The fourth-order valence-corrected chi connectivity index (χ4v) is 2.00. The Bertz CT molecular complexity index is 575. The number of rotatable bonds is 3. The van der Waals surface area contributed by atoms with E-state index in [1.165, 1.54) is 6.07 Å². The molecule has 0 saturated heterocycles. The molecular formula is C13H10BrF2NO. The van der Waals surface area contributed by atoms with Crippen molar-refractivity contribution in [3.05, 3.63) is 58.1 Å². The number of hydrogen-bond donors (Lipinski definition) is 1. The van der Waals surface area contributed by atoms with Crippen molar-refractivity contribution in [2.24, 2.45) is 5.73 Å². The third-order valence-electron chi connectivity index (χ3n) is 2.29. The second-order valence-corrected chi connectivity index (χ2v) is 4.59. The Morgan fingerprint density at radius 1 is 1.11 bits per heavy atom. The van der Waals surface area contributed by atoms with Crippen LogP contribution in [0.25, 0.3) is 0 Å². The van der Waals surface area contributed by atoms with Gasteiger partial charge in [0, 0.05) is 17.1 Å². The number of hydrogen-bond acceptors (Lipinski definition) is 2. The summed E-state index contributed by atoms with van der Waals surface area (Å²) in [4.78, 5) is 0. The number of halogens is 3. The lowest BCUT2D eigenvalue weighted by atomic mass is 10.2. The summed E-state index contributed by atoms with van der Waals surface area (Å²) in [6.07, 6.45) is 0. The maximum Gasteiger partial charge on any atom is 0.168 e. The van der Waals surface area contributed by atoms with Gasteiger partial charge in [-0.2, -0.15) is 0 Å². The summed E-state index contributed by atoms with van der Waals surface area (Å²) in [6.45, 7) is 0.349. The molecule has 0 saturated carbocycles. The molecule has 2 aromatic rings. The van der Waals surface area contributed by atoms with Gasteiger partial charge in [-0.25, -0.2) is 8.78 Å². The minimum Gasteiger partial charge on any atom is -0.454 e. The Kier molecular flexibility index (Phi) is 3.93. The fraction of sp³-hybridized carbons (Fsp3) is 0.0769. The van der Waals surface area contributed by atoms with Crippen LogP contribution in [-0.4, -0.2) is 0 Å². The van der Waals surface area contributed by atoms with Crippen LogP contribution in [0.1, 0.15) is 5.56 Å². The van der Waals surface area contributed by atoms with Gasteiger partial charge in [0.15, 0.2) is 11.6 Å². The van der Waals surface area contributed by atoms with Gasteiger partial charge in [-0.3, -0.25) is 0 Å². The lowest BCUT2D eigenvalue weighted by Crippen LogP contribution is -1.97. The Labute approximate surface area is 112 Å². The van der Waals surface area contributed by atoms with Crippen LogP contribution in [-0.2, 0) is 6.54 Å². The zero-order valence-corrected chi connectivity index (χ0v) is 10.9. The molecule has 2 nitrogen and oxygen atoms in total. The average Bonchev–Trinajstić information content (AvgIpc) is 2.32. The SMILES string of the molecule is NCc1cc(Br)cc(Oc2ccc(F)cc2F)c1. The predicted octanol–water partition coefficient (Wildman–Crippen LogP) is 3.98. The van der Waals surface area contributed by atoms with Crippen molar-refractivity contribution in [3.63, 3.8) is 0 Å². The average molecular weight is 314 g/mol. The molecule has 0 unspecified atom stereocenters. The lowest BCUT2D eigenvalue weighted by molar-refractivity contribution is 0.437. The van der Waals surface area contributed by atoms with Crippen molar-refractivity contribution in [2.75, 3.05) is 0 Å². The first-order valence-electron chi connectivity index (χ1n) is 5.21. The van der Waals surface area contributed by atoms with Gasteiger partial charge in [-0.15, -0.1) is 0 Å². The van der Waals surface area contributed by atoms with Gasteiger partial charge in [0.2, 0.25) is 0 Å². The molecule has 18 heavy (non-hydrogen) atoms. The van der Waals surface area contributed by atoms with Gasteiger partial charge in [-0.05, 0) is 35.9 Å². The second-order valence-electron chi connectivity index (χ2n) is 3.68. The molecule has 0 heterocycles. The highest BCUT2D eigenvalue weighted by Crippen LogP contribution is 2.28. The normalized spacial score (nSPS) is 10.4. The Morgan fingerprint density at radius 2 is 1.89 bits per heavy atom. The standard InChI is InChI=1S/C13H10BrF2NO/c14-9-3-8(7-17)4-11(5-9)18-13-2-1-10(15)6-12(13)16/h1-6H,7,17H2. The van der Waals surface area contributed by atoms with E-state index in [-0.39, 0.29) is 5.75 Å². The number of benzene rings is 2. The van der Waals surface area contributed by atoms with Crippen molar-refractivity contribution in [1.29, 1.82) is 0 Å². The van der Waals surface area contributed by atoms with E-state index in [1.807, 2.05) is 6.07 Å². The van der Waals surface area contributed by atoms with Crippen LogP contribution in [0.5, 0.6) is 11.5 Å². The molecule has 2 N–H and O–H groups in total. The van der Waals surface area contributed by atoms with E-state index in [2.05, 4.69) is 15.9 Å². The van der Waals surface area contributed by atoms with Gasteiger partial charge in [0.05, 0.1) is 0 Å². The zero-order valence-electron chi connectivity index (χ0n) is 9.29. The van der Waals surface area contributed by atoms with Gasteiger partial charge >= 0.3 is 0 Å². The molecule has 0 fully saturated rings. The van der Waals surface area contributed by atoms with Crippen LogP contribution in [0.4, 0.5) is 8.78 Å². The quantitative estimate of drug-likeness (QED) is 0.930. The molecule has 0 aliphatic rings. The van der Waals surface area contributed by atoms with E-state index in [4.69, 9.17) is 10.5 Å². The summed E-state index contributed by atoms with van der Waals surface area (Å²) < 4.78 is 32.3. The highest BCUT2D eigenvalue weighted by molar-refractivity contribution is 9.10. The first-order valence-corrected chi connectivity index (χ1v) is 6.00. The molecule has 2 rings (SSSR count). The third kappa shape index (κ3) is 3.05. The topological polar surface area (TPSA) is 35.2 Å². The van der Waals surface area contributed by atoms with Crippen molar-refractivity contribution < 1.29 is 13.5 Å². The monoisotopic (exact) mass is 313 g/mol. The largest absolute Gasteiger partial charge is 0.454 e. The van der Waals surface area contributed by atoms with E-state index >= 15 is 0 Å². The van der Waals surface area contributed by atoms with Crippen molar-refractivity contribution in [1.82, 2.24) is 0 Å². The Balaban J connectivity index is 2.30.